The zero-order valence-corrected chi connectivity index (χ0v) is 22.0. The maximum Gasteiger partial charge on any atom is 0.264 e. The van der Waals surface area contributed by atoms with Gasteiger partial charge >= 0.3 is 0 Å². The molecule has 3 aromatic carbocycles. The monoisotopic (exact) mass is 600 g/mol. The number of benzene rings is 3. The number of ether oxygens (including phenoxy) is 1. The molecule has 1 amide bonds. The molecule has 0 atom stereocenters. The van der Waals surface area contributed by atoms with Crippen LogP contribution in [0.3, 0.4) is 0 Å². The smallest absolute Gasteiger partial charge is 0.264 e. The molecule has 4 rings (SSSR count). The number of amides is 1. The van der Waals surface area contributed by atoms with Crippen molar-refractivity contribution in [3.8, 4) is 5.75 Å². The summed E-state index contributed by atoms with van der Waals surface area (Å²) < 4.78 is 6.61. The van der Waals surface area contributed by atoms with E-state index in [9.17, 15) is 4.79 Å². The first-order valence-corrected chi connectivity index (χ1v) is 12.5. The molecule has 0 aliphatic carbocycles. The molecule has 1 fully saturated rings. The van der Waals surface area contributed by atoms with Gasteiger partial charge < -0.3 is 10.1 Å². The molecule has 168 valence electrons. The zero-order chi connectivity index (χ0) is 23.5. The highest BCUT2D eigenvalue weighted by Crippen LogP contribution is 2.35. The minimum atomic E-state index is -0.245. The lowest BCUT2D eigenvalue weighted by Crippen LogP contribution is -2.19. The fraction of sp³-hybridized carbons (Fsp3) is 0.0435. The minimum Gasteiger partial charge on any atom is -0.488 e. The van der Waals surface area contributed by atoms with Gasteiger partial charge in [0.25, 0.3) is 5.91 Å². The minimum absolute atomic E-state index is 0.245. The van der Waals surface area contributed by atoms with Crippen molar-refractivity contribution in [1.29, 1.82) is 0 Å². The molecule has 0 radical (unpaired) electrons. The van der Waals surface area contributed by atoms with Crippen LogP contribution in [-0.2, 0) is 11.4 Å². The molecule has 3 aromatic rings. The molecule has 0 saturated carbocycles. The molecule has 1 aliphatic heterocycles. The molecule has 0 spiro atoms. The van der Waals surface area contributed by atoms with Crippen molar-refractivity contribution < 1.29 is 9.53 Å². The molecule has 1 heterocycles. The lowest BCUT2D eigenvalue weighted by molar-refractivity contribution is -0.115. The van der Waals surface area contributed by atoms with Crippen LogP contribution in [0.2, 0.25) is 20.1 Å². The van der Waals surface area contributed by atoms with E-state index in [1.807, 2.05) is 24.3 Å². The van der Waals surface area contributed by atoms with Gasteiger partial charge in [0.05, 0.1) is 25.1 Å². The van der Waals surface area contributed by atoms with Crippen molar-refractivity contribution in [3.63, 3.8) is 0 Å². The number of hydrogen-bond donors (Lipinski definition) is 1. The summed E-state index contributed by atoms with van der Waals surface area (Å²) in [6.07, 6.45) is 1.77. The number of thioether (sulfide) groups is 1. The summed E-state index contributed by atoms with van der Waals surface area (Å²) in [4.78, 5) is 17.3. The van der Waals surface area contributed by atoms with Gasteiger partial charge in [0.2, 0.25) is 0 Å². The van der Waals surface area contributed by atoms with Gasteiger partial charge in [-0.3, -0.25) is 4.79 Å². The lowest BCUT2D eigenvalue weighted by atomic mass is 10.2. The molecule has 10 heteroatoms. The molecule has 4 nitrogen and oxygen atoms in total. The lowest BCUT2D eigenvalue weighted by Gasteiger charge is -2.10. The first kappa shape index (κ1) is 24.5. The highest BCUT2D eigenvalue weighted by Gasteiger charge is 2.24. The van der Waals surface area contributed by atoms with E-state index in [0.29, 0.717) is 48.2 Å². The second kappa shape index (κ2) is 10.7. The quantitative estimate of drug-likeness (QED) is 0.298. The Bertz CT molecular complexity index is 1310. The summed E-state index contributed by atoms with van der Waals surface area (Å²) in [5.41, 5.74) is 2.13. The fourth-order valence-electron chi connectivity index (χ4n) is 2.84. The van der Waals surface area contributed by atoms with Gasteiger partial charge in [-0.1, -0.05) is 64.6 Å². The molecule has 1 saturated heterocycles. The molecular formula is C23H13BrCl4N2O2S. The van der Waals surface area contributed by atoms with E-state index < -0.39 is 0 Å². The Balaban J connectivity index is 1.47. The SMILES string of the molecule is O=C1NC(=Nc2cccc(Cl)c2Cl)S/C1=C\c1ccc(OCc2ccc(Cl)cc2Cl)c(Br)c1. The first-order chi connectivity index (χ1) is 15.8. The normalized spacial score (nSPS) is 15.8. The third kappa shape index (κ3) is 6.07. The molecule has 0 bridgehead atoms. The second-order valence-electron chi connectivity index (χ2n) is 6.77. The Kier molecular flexibility index (Phi) is 7.95. The molecular weight excluding hydrogens is 590 g/mol. The van der Waals surface area contributed by atoms with Crippen LogP contribution in [0.4, 0.5) is 5.69 Å². The Morgan fingerprint density at radius 1 is 1.03 bits per heavy atom. The molecule has 33 heavy (non-hydrogen) atoms. The summed E-state index contributed by atoms with van der Waals surface area (Å²) in [7, 11) is 0. The Labute approximate surface area is 223 Å². The van der Waals surface area contributed by atoms with Crippen LogP contribution in [0, 0.1) is 0 Å². The van der Waals surface area contributed by atoms with Crippen molar-refractivity contribution in [2.75, 3.05) is 0 Å². The maximum absolute atomic E-state index is 12.4. The van der Waals surface area contributed by atoms with Crippen molar-refractivity contribution in [1.82, 2.24) is 5.32 Å². The number of carbonyl (C=O) groups is 1. The van der Waals surface area contributed by atoms with Crippen molar-refractivity contribution in [2.45, 2.75) is 6.61 Å². The highest BCUT2D eigenvalue weighted by molar-refractivity contribution is 9.10. The molecule has 0 unspecified atom stereocenters. The number of hydrogen-bond acceptors (Lipinski definition) is 4. The van der Waals surface area contributed by atoms with E-state index in [1.165, 1.54) is 11.8 Å². The van der Waals surface area contributed by atoms with Gasteiger partial charge in [0, 0.05) is 15.6 Å². The Hall–Kier alpha value is -1.67. The number of nitrogens with zero attached hydrogens (tertiary/aromatic N) is 1. The zero-order valence-electron chi connectivity index (χ0n) is 16.5. The van der Waals surface area contributed by atoms with Crippen LogP contribution in [0.15, 0.2) is 69.0 Å². The molecule has 0 aromatic heterocycles. The largest absolute Gasteiger partial charge is 0.488 e. The summed E-state index contributed by atoms with van der Waals surface area (Å²) in [5.74, 6) is 0.398. The summed E-state index contributed by atoms with van der Waals surface area (Å²) in [6, 6.07) is 15.9. The second-order valence-corrected chi connectivity index (χ2v) is 10.3. The number of carbonyl (C=O) groups excluding carboxylic acids is 1. The summed E-state index contributed by atoms with van der Waals surface area (Å²) >= 11 is 29.1. The third-order valence-electron chi connectivity index (χ3n) is 4.46. The summed E-state index contributed by atoms with van der Waals surface area (Å²) in [6.45, 7) is 0.291. The predicted molar refractivity (Wildman–Crippen MR) is 142 cm³/mol. The first-order valence-electron chi connectivity index (χ1n) is 9.40. The number of halogens is 5. The van der Waals surface area contributed by atoms with Gasteiger partial charge in [-0.25, -0.2) is 4.99 Å². The van der Waals surface area contributed by atoms with Crippen molar-refractivity contribution in [2.24, 2.45) is 4.99 Å². The van der Waals surface area contributed by atoms with Gasteiger partial charge in [0.15, 0.2) is 5.17 Å². The van der Waals surface area contributed by atoms with Crippen molar-refractivity contribution >= 4 is 96.9 Å². The van der Waals surface area contributed by atoms with Gasteiger partial charge in [0.1, 0.15) is 12.4 Å². The van der Waals surface area contributed by atoms with Crippen LogP contribution in [0.1, 0.15) is 11.1 Å². The number of amidine groups is 1. The Morgan fingerprint density at radius 2 is 1.85 bits per heavy atom. The van der Waals surface area contributed by atoms with E-state index in [1.54, 1.807) is 36.4 Å². The van der Waals surface area contributed by atoms with E-state index in [2.05, 4.69) is 26.2 Å². The average Bonchev–Trinajstić information content (AvgIpc) is 3.10. The maximum atomic E-state index is 12.4. The third-order valence-corrected chi connectivity index (χ3v) is 7.38. The number of aliphatic imine (C=N–C) groups is 1. The fourth-order valence-corrected chi connectivity index (χ4v) is 4.98. The van der Waals surface area contributed by atoms with Gasteiger partial charge in [-0.2, -0.15) is 0 Å². The van der Waals surface area contributed by atoms with Crippen molar-refractivity contribution in [3.05, 3.63) is 95.2 Å². The predicted octanol–water partition coefficient (Wildman–Crippen LogP) is 8.53. The van der Waals surface area contributed by atoms with Gasteiger partial charge in [-0.15, -0.1) is 0 Å². The van der Waals surface area contributed by atoms with E-state index in [0.717, 1.165) is 15.6 Å². The number of nitrogens with one attached hydrogen (secondary N) is 1. The van der Waals surface area contributed by atoms with Crippen LogP contribution >= 0.6 is 74.1 Å². The standard InChI is InChI=1S/C23H13BrCl4N2O2S/c24-15-8-12(4-7-19(15)32-11-13-5-6-14(25)10-17(13)27)9-20-22(31)30-23(33-20)29-18-3-1-2-16(26)21(18)28/h1-10H,11H2,(H,29,30,31)/b20-9-. The molecule has 1 N–H and O–H groups in total. The molecule has 1 aliphatic rings. The summed E-state index contributed by atoms with van der Waals surface area (Å²) in [5, 5.41) is 5.00. The van der Waals surface area contributed by atoms with Crippen LogP contribution < -0.4 is 10.1 Å². The van der Waals surface area contributed by atoms with Gasteiger partial charge in [-0.05, 0) is 75.7 Å². The average molecular weight is 603 g/mol. The Morgan fingerprint density at radius 3 is 2.61 bits per heavy atom. The van der Waals surface area contributed by atoms with Crippen LogP contribution in [0.25, 0.3) is 6.08 Å². The van der Waals surface area contributed by atoms with E-state index >= 15 is 0 Å². The number of rotatable bonds is 5. The highest BCUT2D eigenvalue weighted by atomic mass is 79.9. The van der Waals surface area contributed by atoms with Crippen LogP contribution in [-0.4, -0.2) is 11.1 Å². The van der Waals surface area contributed by atoms with E-state index in [-0.39, 0.29) is 5.91 Å². The van der Waals surface area contributed by atoms with E-state index in [4.69, 9.17) is 51.1 Å². The topological polar surface area (TPSA) is 50.7 Å². The van der Waals surface area contributed by atoms with Crippen LogP contribution in [0.5, 0.6) is 5.75 Å².